The first kappa shape index (κ1) is 16.1. The Morgan fingerprint density at radius 2 is 1.96 bits per heavy atom. The average Bonchev–Trinajstić information content (AvgIpc) is 2.87. The van der Waals surface area contributed by atoms with Gasteiger partial charge in [0.25, 0.3) is 0 Å². The standard InChI is InChI=1S/C15H21N3O4S/c19-15(16-12-5-10-23(20,21)11-12)17-13-3-1-2-4-14(13)18-6-8-22-9-7-18/h1-4,12H,5-11H2,(H2,16,17,19). The molecule has 1 aromatic carbocycles. The van der Waals surface area contributed by atoms with Gasteiger partial charge in [0.05, 0.1) is 36.1 Å². The Morgan fingerprint density at radius 3 is 2.65 bits per heavy atom. The summed E-state index contributed by atoms with van der Waals surface area (Å²) < 4.78 is 28.3. The van der Waals surface area contributed by atoms with Crippen LogP contribution in [0.3, 0.4) is 0 Å². The summed E-state index contributed by atoms with van der Waals surface area (Å²) in [6, 6.07) is 6.91. The van der Waals surface area contributed by atoms with E-state index in [0.29, 0.717) is 25.3 Å². The molecule has 8 heteroatoms. The van der Waals surface area contributed by atoms with Gasteiger partial charge in [-0.2, -0.15) is 0 Å². The Hall–Kier alpha value is -1.80. The molecule has 7 nitrogen and oxygen atoms in total. The third-order valence-corrected chi connectivity index (χ3v) is 5.84. The van der Waals surface area contributed by atoms with Crippen molar-refractivity contribution in [3.8, 4) is 0 Å². The Balaban J connectivity index is 1.64. The Labute approximate surface area is 135 Å². The molecule has 2 aliphatic heterocycles. The highest BCUT2D eigenvalue weighted by Gasteiger charge is 2.29. The van der Waals surface area contributed by atoms with Crippen LogP contribution >= 0.6 is 0 Å². The molecule has 2 N–H and O–H groups in total. The second kappa shape index (κ2) is 6.76. The molecule has 0 aromatic heterocycles. The van der Waals surface area contributed by atoms with E-state index < -0.39 is 9.84 Å². The highest BCUT2D eigenvalue weighted by Crippen LogP contribution is 2.26. The van der Waals surface area contributed by atoms with Crippen molar-refractivity contribution >= 4 is 27.2 Å². The fourth-order valence-corrected chi connectivity index (χ4v) is 4.59. The van der Waals surface area contributed by atoms with Gasteiger partial charge in [0.2, 0.25) is 0 Å². The van der Waals surface area contributed by atoms with E-state index in [1.165, 1.54) is 0 Å². The molecule has 1 atom stereocenters. The number of ether oxygens (including phenoxy) is 1. The SMILES string of the molecule is O=C(Nc1ccccc1N1CCOCC1)NC1CCS(=O)(=O)C1. The molecule has 1 aromatic rings. The number of benzene rings is 1. The Bertz CT molecular complexity index is 671. The van der Waals surface area contributed by atoms with Crippen molar-refractivity contribution in [1.29, 1.82) is 0 Å². The van der Waals surface area contributed by atoms with E-state index in [1.807, 2.05) is 24.3 Å². The van der Waals surface area contributed by atoms with Gasteiger partial charge in [-0.05, 0) is 18.6 Å². The number of anilines is 2. The first-order valence-electron chi connectivity index (χ1n) is 7.73. The highest BCUT2D eigenvalue weighted by atomic mass is 32.2. The third kappa shape index (κ3) is 4.14. The smallest absolute Gasteiger partial charge is 0.319 e. The van der Waals surface area contributed by atoms with Crippen LogP contribution in [0.2, 0.25) is 0 Å². The van der Waals surface area contributed by atoms with Gasteiger partial charge in [-0.1, -0.05) is 12.1 Å². The third-order valence-electron chi connectivity index (χ3n) is 4.07. The number of hydrogen-bond acceptors (Lipinski definition) is 5. The Morgan fingerprint density at radius 1 is 1.22 bits per heavy atom. The van der Waals surface area contributed by atoms with Gasteiger partial charge in [0, 0.05) is 19.1 Å². The van der Waals surface area contributed by atoms with Crippen LogP contribution in [0, 0.1) is 0 Å². The van der Waals surface area contributed by atoms with Gasteiger partial charge in [-0.3, -0.25) is 0 Å². The van der Waals surface area contributed by atoms with Gasteiger partial charge in [0.15, 0.2) is 9.84 Å². The molecule has 0 aliphatic carbocycles. The van der Waals surface area contributed by atoms with E-state index in [9.17, 15) is 13.2 Å². The molecule has 2 saturated heterocycles. The van der Waals surface area contributed by atoms with Gasteiger partial charge in [-0.15, -0.1) is 0 Å². The summed E-state index contributed by atoms with van der Waals surface area (Å²) in [5.41, 5.74) is 1.66. The average molecular weight is 339 g/mol. The van der Waals surface area contributed by atoms with E-state index >= 15 is 0 Å². The predicted octanol–water partition coefficient (Wildman–Crippen LogP) is 0.832. The number of nitrogens with one attached hydrogen (secondary N) is 2. The van der Waals surface area contributed by atoms with Crippen molar-refractivity contribution in [2.45, 2.75) is 12.5 Å². The van der Waals surface area contributed by atoms with Crippen LogP contribution in [0.15, 0.2) is 24.3 Å². The lowest BCUT2D eigenvalue weighted by atomic mass is 10.2. The summed E-state index contributed by atoms with van der Waals surface area (Å²) in [5, 5.41) is 5.58. The minimum absolute atomic E-state index is 0.0194. The maximum absolute atomic E-state index is 12.2. The zero-order chi connectivity index (χ0) is 16.3. The lowest BCUT2D eigenvalue weighted by Crippen LogP contribution is -2.40. The highest BCUT2D eigenvalue weighted by molar-refractivity contribution is 7.91. The molecule has 0 saturated carbocycles. The number of rotatable bonds is 3. The van der Waals surface area contributed by atoms with Gasteiger partial charge < -0.3 is 20.3 Å². The number of amides is 2. The number of para-hydroxylation sites is 2. The Kier molecular flexibility index (Phi) is 4.72. The first-order chi connectivity index (χ1) is 11.0. The fourth-order valence-electron chi connectivity index (χ4n) is 2.91. The van der Waals surface area contributed by atoms with Crippen LogP contribution < -0.4 is 15.5 Å². The molecule has 0 radical (unpaired) electrons. The molecule has 0 spiro atoms. The zero-order valence-corrected chi connectivity index (χ0v) is 13.6. The van der Waals surface area contributed by atoms with Crippen LogP contribution in [0.4, 0.5) is 16.2 Å². The maximum atomic E-state index is 12.2. The quantitative estimate of drug-likeness (QED) is 0.852. The van der Waals surface area contributed by atoms with Crippen molar-refractivity contribution in [3.63, 3.8) is 0 Å². The fraction of sp³-hybridized carbons (Fsp3) is 0.533. The summed E-state index contributed by atoms with van der Waals surface area (Å²) in [5.74, 6) is 0.161. The minimum Gasteiger partial charge on any atom is -0.378 e. The summed E-state index contributed by atoms with van der Waals surface area (Å²) in [6.45, 7) is 2.89. The molecule has 2 heterocycles. The van der Waals surface area contributed by atoms with Crippen molar-refractivity contribution in [2.75, 3.05) is 48.0 Å². The summed E-state index contributed by atoms with van der Waals surface area (Å²) in [7, 11) is -3.00. The van der Waals surface area contributed by atoms with E-state index in [4.69, 9.17) is 4.74 Å². The van der Waals surface area contributed by atoms with Crippen LogP contribution in [0.25, 0.3) is 0 Å². The predicted molar refractivity (Wildman–Crippen MR) is 88.7 cm³/mol. The normalized spacial score (nSPS) is 23.5. The van der Waals surface area contributed by atoms with Crippen LogP contribution in [0.1, 0.15) is 6.42 Å². The summed E-state index contributed by atoms with van der Waals surface area (Å²) in [4.78, 5) is 14.3. The number of nitrogens with zero attached hydrogens (tertiary/aromatic N) is 1. The minimum atomic E-state index is -3.00. The molecule has 3 rings (SSSR count). The second-order valence-corrected chi connectivity index (χ2v) is 8.04. The van der Waals surface area contributed by atoms with E-state index in [1.54, 1.807) is 0 Å². The number of hydrogen-bond donors (Lipinski definition) is 2. The molecule has 126 valence electrons. The molecular weight excluding hydrogens is 318 g/mol. The molecule has 2 fully saturated rings. The molecular formula is C15H21N3O4S. The van der Waals surface area contributed by atoms with E-state index in [2.05, 4.69) is 15.5 Å². The largest absolute Gasteiger partial charge is 0.378 e. The van der Waals surface area contributed by atoms with Gasteiger partial charge in [-0.25, -0.2) is 13.2 Å². The van der Waals surface area contributed by atoms with Crippen molar-refractivity contribution < 1.29 is 17.9 Å². The molecule has 2 amide bonds. The van der Waals surface area contributed by atoms with Crippen LogP contribution in [-0.2, 0) is 14.6 Å². The number of carbonyl (C=O) groups excluding carboxylic acids is 1. The molecule has 2 aliphatic rings. The summed E-state index contributed by atoms with van der Waals surface area (Å²) >= 11 is 0. The lowest BCUT2D eigenvalue weighted by Gasteiger charge is -2.30. The topological polar surface area (TPSA) is 87.7 Å². The number of morpholine rings is 1. The van der Waals surface area contributed by atoms with Crippen LogP contribution in [0.5, 0.6) is 0 Å². The van der Waals surface area contributed by atoms with Crippen molar-refractivity contribution in [3.05, 3.63) is 24.3 Å². The van der Waals surface area contributed by atoms with Crippen molar-refractivity contribution in [2.24, 2.45) is 0 Å². The van der Waals surface area contributed by atoms with Crippen molar-refractivity contribution in [1.82, 2.24) is 5.32 Å². The van der Waals surface area contributed by atoms with Gasteiger partial charge in [0.1, 0.15) is 0 Å². The molecule has 1 unspecified atom stereocenters. The second-order valence-electron chi connectivity index (χ2n) is 5.81. The van der Waals surface area contributed by atoms with Gasteiger partial charge >= 0.3 is 6.03 Å². The number of sulfone groups is 1. The zero-order valence-electron chi connectivity index (χ0n) is 12.8. The monoisotopic (exact) mass is 339 g/mol. The number of urea groups is 1. The van der Waals surface area contributed by atoms with Crippen LogP contribution in [-0.4, -0.2) is 58.3 Å². The first-order valence-corrected chi connectivity index (χ1v) is 9.55. The maximum Gasteiger partial charge on any atom is 0.319 e. The molecule has 0 bridgehead atoms. The number of carbonyl (C=O) groups is 1. The summed E-state index contributed by atoms with van der Waals surface area (Å²) in [6.07, 6.45) is 0.473. The molecule has 23 heavy (non-hydrogen) atoms. The lowest BCUT2D eigenvalue weighted by molar-refractivity contribution is 0.123. The van der Waals surface area contributed by atoms with E-state index in [0.717, 1.165) is 18.8 Å². The van der Waals surface area contributed by atoms with E-state index in [-0.39, 0.29) is 23.6 Å².